The lowest BCUT2D eigenvalue weighted by Gasteiger charge is -2.22. The molecular formula is C22H16N2OS2. The second-order valence-corrected chi connectivity index (χ2v) is 8.59. The van der Waals surface area contributed by atoms with Crippen LogP contribution in [0.2, 0.25) is 0 Å². The fourth-order valence-corrected chi connectivity index (χ4v) is 5.74. The van der Waals surface area contributed by atoms with Crippen molar-refractivity contribution in [3.63, 3.8) is 0 Å². The summed E-state index contributed by atoms with van der Waals surface area (Å²) < 4.78 is 0. The molecule has 0 N–H and O–H groups in total. The molecule has 0 saturated carbocycles. The van der Waals surface area contributed by atoms with Crippen LogP contribution in [0.4, 0.5) is 0 Å². The lowest BCUT2D eigenvalue weighted by Crippen LogP contribution is -2.24. The Morgan fingerprint density at radius 3 is 2.67 bits per heavy atom. The minimum atomic E-state index is -0.0958. The van der Waals surface area contributed by atoms with Gasteiger partial charge in [0.05, 0.1) is 10.6 Å². The Morgan fingerprint density at radius 1 is 0.963 bits per heavy atom. The molecule has 5 rings (SSSR count). The predicted octanol–water partition coefficient (Wildman–Crippen LogP) is 5.65. The molecule has 2 aromatic heterocycles. The number of hydrogen-bond acceptors (Lipinski definition) is 5. The Kier molecular flexibility index (Phi) is 4.26. The number of thioether (sulfide) groups is 1. The maximum atomic E-state index is 13.0. The first-order valence-electron chi connectivity index (χ1n) is 8.87. The summed E-state index contributed by atoms with van der Waals surface area (Å²) in [5.41, 5.74) is 4.32. The van der Waals surface area contributed by atoms with Crippen molar-refractivity contribution in [3.05, 3.63) is 77.4 Å². The van der Waals surface area contributed by atoms with Gasteiger partial charge in [-0.25, -0.2) is 9.97 Å². The summed E-state index contributed by atoms with van der Waals surface area (Å²) in [4.78, 5) is 23.0. The van der Waals surface area contributed by atoms with E-state index in [0.29, 0.717) is 0 Å². The monoisotopic (exact) mass is 388 g/mol. The zero-order valence-corrected chi connectivity index (χ0v) is 16.1. The zero-order valence-electron chi connectivity index (χ0n) is 14.5. The van der Waals surface area contributed by atoms with Crippen LogP contribution in [-0.4, -0.2) is 21.0 Å². The first kappa shape index (κ1) is 16.7. The van der Waals surface area contributed by atoms with Gasteiger partial charge in [-0.1, -0.05) is 66.4 Å². The Balaban J connectivity index is 1.55. The normalized spacial score (nSPS) is 16.4. The van der Waals surface area contributed by atoms with Gasteiger partial charge in [-0.3, -0.25) is 4.79 Å². The van der Waals surface area contributed by atoms with Crippen molar-refractivity contribution in [2.75, 3.05) is 0 Å². The predicted molar refractivity (Wildman–Crippen MR) is 112 cm³/mol. The molecular weight excluding hydrogens is 372 g/mol. The van der Waals surface area contributed by atoms with Crippen LogP contribution in [-0.2, 0) is 6.42 Å². The average Bonchev–Trinajstić information content (AvgIpc) is 3.16. The molecule has 3 nitrogen and oxygen atoms in total. The summed E-state index contributed by atoms with van der Waals surface area (Å²) in [7, 11) is 0. The number of hydrogen-bond donors (Lipinski definition) is 0. The van der Waals surface area contributed by atoms with Crippen LogP contribution in [0.3, 0.4) is 0 Å². The van der Waals surface area contributed by atoms with E-state index in [4.69, 9.17) is 0 Å². The topological polar surface area (TPSA) is 42.9 Å². The van der Waals surface area contributed by atoms with Gasteiger partial charge < -0.3 is 0 Å². The Bertz CT molecular complexity index is 1140. The number of Topliss-reactive ketones (excluding diaryl/α,β-unsaturated/α-hetero) is 1. The standard InChI is InChI=1S/C22H16N2OS2/c25-20-16-9-5-4-8-15(16)10-11-18(20)27-22-19-17(14-6-2-1-3-7-14)12-26-21(19)23-13-24-22/h1-9,12-13,18H,10-11H2/t18-/m1/s1. The summed E-state index contributed by atoms with van der Waals surface area (Å²) in [5.74, 6) is 0.213. The number of aromatic nitrogens is 2. The molecule has 0 unspecified atom stereocenters. The highest BCUT2D eigenvalue weighted by atomic mass is 32.2. The van der Waals surface area contributed by atoms with E-state index < -0.39 is 0 Å². The van der Waals surface area contributed by atoms with E-state index in [1.54, 1.807) is 29.4 Å². The average molecular weight is 389 g/mol. The summed E-state index contributed by atoms with van der Waals surface area (Å²) >= 11 is 3.21. The minimum absolute atomic E-state index is 0.0958. The Morgan fingerprint density at radius 2 is 1.78 bits per heavy atom. The zero-order chi connectivity index (χ0) is 18.2. The van der Waals surface area contributed by atoms with E-state index in [1.807, 2.05) is 36.4 Å². The van der Waals surface area contributed by atoms with Gasteiger partial charge in [0.15, 0.2) is 5.78 Å². The minimum Gasteiger partial charge on any atom is -0.293 e. The summed E-state index contributed by atoms with van der Waals surface area (Å²) in [6.07, 6.45) is 3.39. The fraction of sp³-hybridized carbons (Fsp3) is 0.136. The Labute approximate surface area is 165 Å². The lowest BCUT2D eigenvalue weighted by atomic mass is 9.90. The highest BCUT2D eigenvalue weighted by molar-refractivity contribution is 8.00. The number of ketones is 1. The van der Waals surface area contributed by atoms with E-state index in [1.165, 1.54) is 0 Å². The number of benzene rings is 2. The second kappa shape index (κ2) is 6.91. The van der Waals surface area contributed by atoms with Crippen molar-refractivity contribution in [3.8, 4) is 11.1 Å². The molecule has 0 saturated heterocycles. The maximum absolute atomic E-state index is 13.0. The van der Waals surface area contributed by atoms with Crippen molar-refractivity contribution in [1.82, 2.24) is 9.97 Å². The number of fused-ring (bicyclic) bond motifs is 2. The number of carbonyl (C=O) groups excluding carboxylic acids is 1. The molecule has 1 aliphatic carbocycles. The van der Waals surface area contributed by atoms with Crippen molar-refractivity contribution in [2.24, 2.45) is 0 Å². The molecule has 2 heterocycles. The van der Waals surface area contributed by atoms with E-state index >= 15 is 0 Å². The third-order valence-electron chi connectivity index (χ3n) is 4.93. The van der Waals surface area contributed by atoms with E-state index in [0.717, 1.165) is 50.3 Å². The summed E-state index contributed by atoms with van der Waals surface area (Å²) in [6.45, 7) is 0. The second-order valence-electron chi connectivity index (χ2n) is 6.54. The maximum Gasteiger partial charge on any atom is 0.176 e. The highest BCUT2D eigenvalue weighted by Gasteiger charge is 2.29. The van der Waals surface area contributed by atoms with Crippen LogP contribution in [0.1, 0.15) is 22.3 Å². The van der Waals surface area contributed by atoms with Gasteiger partial charge in [0.2, 0.25) is 0 Å². The SMILES string of the molecule is O=C1c2ccccc2CC[C@H]1Sc1ncnc2scc(-c3ccccc3)c12. The van der Waals surface area contributed by atoms with Gasteiger partial charge in [-0.15, -0.1) is 11.3 Å². The lowest BCUT2D eigenvalue weighted by molar-refractivity contribution is 0.0979. The molecule has 1 atom stereocenters. The highest BCUT2D eigenvalue weighted by Crippen LogP contribution is 2.41. The third-order valence-corrected chi connectivity index (χ3v) is 7.08. The van der Waals surface area contributed by atoms with Crippen LogP contribution in [0.25, 0.3) is 21.3 Å². The van der Waals surface area contributed by atoms with Crippen LogP contribution >= 0.6 is 23.1 Å². The number of thiophene rings is 1. The molecule has 0 fully saturated rings. The number of nitrogens with zero attached hydrogens (tertiary/aromatic N) is 2. The molecule has 132 valence electrons. The molecule has 1 aliphatic rings. The number of rotatable bonds is 3. The third kappa shape index (κ3) is 2.97. The van der Waals surface area contributed by atoms with Gasteiger partial charge in [0, 0.05) is 16.5 Å². The molecule has 0 bridgehead atoms. The first-order valence-corrected chi connectivity index (χ1v) is 10.6. The number of carbonyl (C=O) groups is 1. The quantitative estimate of drug-likeness (QED) is 0.426. The van der Waals surface area contributed by atoms with Gasteiger partial charge in [-0.2, -0.15) is 0 Å². The molecule has 0 amide bonds. The molecule has 0 aliphatic heterocycles. The molecule has 5 heteroatoms. The molecule has 27 heavy (non-hydrogen) atoms. The van der Waals surface area contributed by atoms with Crippen molar-refractivity contribution in [2.45, 2.75) is 23.1 Å². The molecule has 2 aromatic carbocycles. The van der Waals surface area contributed by atoms with Gasteiger partial charge in [0.25, 0.3) is 0 Å². The van der Waals surface area contributed by atoms with E-state index in [-0.39, 0.29) is 11.0 Å². The van der Waals surface area contributed by atoms with Crippen LogP contribution in [0, 0.1) is 0 Å². The van der Waals surface area contributed by atoms with Crippen molar-refractivity contribution >= 4 is 39.1 Å². The van der Waals surface area contributed by atoms with Crippen molar-refractivity contribution < 1.29 is 4.79 Å². The van der Waals surface area contributed by atoms with Gasteiger partial charge in [0.1, 0.15) is 16.2 Å². The first-order chi connectivity index (χ1) is 13.3. The van der Waals surface area contributed by atoms with Crippen LogP contribution < -0.4 is 0 Å². The largest absolute Gasteiger partial charge is 0.293 e. The fourth-order valence-electron chi connectivity index (χ4n) is 3.58. The summed E-state index contributed by atoms with van der Waals surface area (Å²) in [6, 6.07) is 18.2. The van der Waals surface area contributed by atoms with Crippen LogP contribution in [0.15, 0.2) is 71.3 Å². The molecule has 4 aromatic rings. The molecule has 0 radical (unpaired) electrons. The molecule has 0 spiro atoms. The van der Waals surface area contributed by atoms with Gasteiger partial charge >= 0.3 is 0 Å². The van der Waals surface area contributed by atoms with Crippen LogP contribution in [0.5, 0.6) is 0 Å². The van der Waals surface area contributed by atoms with E-state index in [2.05, 4.69) is 33.5 Å². The van der Waals surface area contributed by atoms with Crippen molar-refractivity contribution in [1.29, 1.82) is 0 Å². The number of aryl methyl sites for hydroxylation is 1. The van der Waals surface area contributed by atoms with E-state index in [9.17, 15) is 4.79 Å². The van der Waals surface area contributed by atoms with Gasteiger partial charge in [-0.05, 0) is 24.0 Å². The Hall–Kier alpha value is -2.50. The summed E-state index contributed by atoms with van der Waals surface area (Å²) in [5, 5.41) is 4.00. The smallest absolute Gasteiger partial charge is 0.176 e.